The van der Waals surface area contributed by atoms with Crippen molar-refractivity contribution in [2.24, 2.45) is 0 Å². The van der Waals surface area contributed by atoms with Crippen LogP contribution >= 0.6 is 0 Å². The maximum Gasteiger partial charge on any atom is 0.408 e. The van der Waals surface area contributed by atoms with E-state index in [1.807, 2.05) is 0 Å². The molecule has 4 nitrogen and oxygen atoms in total. The van der Waals surface area contributed by atoms with E-state index in [4.69, 9.17) is 4.74 Å². The summed E-state index contributed by atoms with van der Waals surface area (Å²) in [5, 5.41) is 0. The second kappa shape index (κ2) is 8.08. The van der Waals surface area contributed by atoms with Gasteiger partial charge in [-0.2, -0.15) is 17.9 Å². The Morgan fingerprint density at radius 1 is 1.00 bits per heavy atom. The molecular formula is C19H21F4NO3S. The molecule has 2 rings (SSSR count). The molecule has 0 heterocycles. The fraction of sp³-hybridized carbons (Fsp3) is 0.368. The molecular weight excluding hydrogens is 398 g/mol. The number of sulfonamides is 1. The van der Waals surface area contributed by atoms with E-state index in [0.717, 1.165) is 11.6 Å². The first-order valence-corrected chi connectivity index (χ1v) is 9.85. The Morgan fingerprint density at radius 3 is 2.11 bits per heavy atom. The van der Waals surface area contributed by atoms with Crippen LogP contribution in [-0.2, 0) is 10.0 Å². The van der Waals surface area contributed by atoms with E-state index in [1.54, 1.807) is 30.7 Å². The normalized spacial score (nSPS) is 13.4. The van der Waals surface area contributed by atoms with Crippen LogP contribution in [0.3, 0.4) is 0 Å². The molecule has 1 atom stereocenters. The summed E-state index contributed by atoms with van der Waals surface area (Å²) in [5.41, 5.74) is 2.04. The van der Waals surface area contributed by atoms with Crippen LogP contribution in [0.25, 0.3) is 0 Å². The zero-order valence-corrected chi connectivity index (χ0v) is 16.6. The van der Waals surface area contributed by atoms with Crippen molar-refractivity contribution in [1.29, 1.82) is 0 Å². The molecule has 0 aliphatic heterocycles. The molecule has 0 aliphatic rings. The Labute approximate surface area is 161 Å². The molecule has 1 N–H and O–H groups in total. The molecule has 0 saturated heterocycles. The molecule has 0 aliphatic carbocycles. The number of alkyl halides is 3. The van der Waals surface area contributed by atoms with Crippen molar-refractivity contribution in [1.82, 2.24) is 4.72 Å². The minimum Gasteiger partial charge on any atom is -0.488 e. The van der Waals surface area contributed by atoms with Gasteiger partial charge in [-0.15, -0.1) is 0 Å². The lowest BCUT2D eigenvalue weighted by Crippen LogP contribution is -2.49. The first-order chi connectivity index (χ1) is 12.8. The van der Waals surface area contributed by atoms with E-state index in [9.17, 15) is 26.0 Å². The van der Waals surface area contributed by atoms with Crippen LogP contribution < -0.4 is 9.46 Å². The average molecular weight is 419 g/mol. The monoisotopic (exact) mass is 419 g/mol. The van der Waals surface area contributed by atoms with Gasteiger partial charge in [0.15, 0.2) is 17.6 Å². The van der Waals surface area contributed by atoms with Gasteiger partial charge >= 0.3 is 6.18 Å². The van der Waals surface area contributed by atoms with Crippen molar-refractivity contribution in [2.45, 2.75) is 44.8 Å². The zero-order valence-electron chi connectivity index (χ0n) is 15.8. The Balaban J connectivity index is 2.31. The lowest BCUT2D eigenvalue weighted by molar-refractivity contribution is -0.157. The number of ether oxygens (including phenoxy) is 1. The fourth-order valence-electron chi connectivity index (χ4n) is 2.93. The second-order valence-electron chi connectivity index (χ2n) is 6.69. The van der Waals surface area contributed by atoms with Gasteiger partial charge in [0.1, 0.15) is 6.61 Å². The third kappa shape index (κ3) is 5.23. The van der Waals surface area contributed by atoms with Crippen LogP contribution in [0.1, 0.15) is 22.3 Å². The maximum absolute atomic E-state index is 13.7. The second-order valence-corrected chi connectivity index (χ2v) is 8.34. The average Bonchev–Trinajstić information content (AvgIpc) is 2.51. The SMILES string of the molecule is Cc1cc(C)c(S(=O)(=O)NC(COc2cc(C)ccc2F)C(F)(F)F)c(C)c1. The maximum atomic E-state index is 13.7. The minimum atomic E-state index is -4.93. The Bertz CT molecular complexity index is 949. The van der Waals surface area contributed by atoms with E-state index in [-0.39, 0.29) is 10.6 Å². The molecule has 0 aromatic heterocycles. The Hall–Kier alpha value is -2.13. The number of nitrogens with one attached hydrogen (secondary N) is 1. The number of hydrogen-bond donors (Lipinski definition) is 1. The number of aryl methyl sites for hydroxylation is 4. The van der Waals surface area contributed by atoms with Crippen molar-refractivity contribution in [3.05, 3.63) is 58.4 Å². The summed E-state index contributed by atoms with van der Waals surface area (Å²) in [6.45, 7) is 5.30. The topological polar surface area (TPSA) is 55.4 Å². The quantitative estimate of drug-likeness (QED) is 0.709. The van der Waals surface area contributed by atoms with Gasteiger partial charge in [-0.3, -0.25) is 0 Å². The minimum absolute atomic E-state index is 0.214. The highest BCUT2D eigenvalue weighted by Gasteiger charge is 2.43. The Morgan fingerprint density at radius 2 is 1.57 bits per heavy atom. The number of hydrogen-bond acceptors (Lipinski definition) is 3. The predicted molar refractivity (Wildman–Crippen MR) is 97.4 cm³/mol. The van der Waals surface area contributed by atoms with Gasteiger partial charge in [0, 0.05) is 0 Å². The van der Waals surface area contributed by atoms with Gasteiger partial charge in [-0.1, -0.05) is 23.8 Å². The standard InChI is InChI=1S/C19H21F4NO3S/c1-11-5-6-15(20)16(9-11)27-10-17(19(21,22)23)24-28(25,26)18-13(3)7-12(2)8-14(18)4/h5-9,17,24H,10H2,1-4H3. The molecule has 0 fully saturated rings. The zero-order chi connectivity index (χ0) is 21.3. The Kier molecular flexibility index (Phi) is 6.40. The van der Waals surface area contributed by atoms with E-state index in [2.05, 4.69) is 0 Å². The molecule has 28 heavy (non-hydrogen) atoms. The molecule has 154 valence electrons. The first-order valence-electron chi connectivity index (χ1n) is 8.37. The number of benzene rings is 2. The third-order valence-corrected chi connectivity index (χ3v) is 5.83. The van der Waals surface area contributed by atoms with Crippen molar-refractivity contribution in [2.75, 3.05) is 6.61 Å². The van der Waals surface area contributed by atoms with E-state index >= 15 is 0 Å². The van der Waals surface area contributed by atoms with Crippen LogP contribution in [0.2, 0.25) is 0 Å². The smallest absolute Gasteiger partial charge is 0.408 e. The highest BCUT2D eigenvalue weighted by molar-refractivity contribution is 7.89. The molecule has 9 heteroatoms. The van der Waals surface area contributed by atoms with Crippen molar-refractivity contribution < 1.29 is 30.7 Å². The van der Waals surface area contributed by atoms with Gasteiger partial charge in [0.05, 0.1) is 4.90 Å². The number of halogens is 4. The van der Waals surface area contributed by atoms with Crippen LogP contribution in [0.15, 0.2) is 35.2 Å². The van der Waals surface area contributed by atoms with Gasteiger partial charge in [0.2, 0.25) is 10.0 Å². The molecule has 2 aromatic rings. The van der Waals surface area contributed by atoms with Crippen molar-refractivity contribution in [3.63, 3.8) is 0 Å². The lowest BCUT2D eigenvalue weighted by Gasteiger charge is -2.23. The summed E-state index contributed by atoms with van der Waals surface area (Å²) >= 11 is 0. The summed E-state index contributed by atoms with van der Waals surface area (Å²) in [6.07, 6.45) is -4.93. The van der Waals surface area contributed by atoms with Crippen molar-refractivity contribution in [3.8, 4) is 5.75 Å². The van der Waals surface area contributed by atoms with E-state index in [1.165, 1.54) is 26.0 Å². The first kappa shape index (κ1) is 22.2. The van der Waals surface area contributed by atoms with E-state index in [0.29, 0.717) is 16.7 Å². The van der Waals surface area contributed by atoms with Crippen LogP contribution in [0, 0.1) is 33.5 Å². The highest BCUT2D eigenvalue weighted by Crippen LogP contribution is 2.27. The highest BCUT2D eigenvalue weighted by atomic mass is 32.2. The summed E-state index contributed by atoms with van der Waals surface area (Å²) in [7, 11) is -4.49. The van der Waals surface area contributed by atoms with Gasteiger partial charge in [-0.05, 0) is 56.5 Å². The van der Waals surface area contributed by atoms with E-state index < -0.39 is 34.7 Å². The van der Waals surface area contributed by atoms with Crippen LogP contribution in [0.5, 0.6) is 5.75 Å². The molecule has 0 saturated carbocycles. The number of rotatable bonds is 6. The molecule has 0 radical (unpaired) electrons. The third-order valence-electron chi connectivity index (χ3n) is 4.06. The molecule has 1 unspecified atom stereocenters. The predicted octanol–water partition coefficient (Wildman–Crippen LogP) is 4.35. The summed E-state index contributed by atoms with van der Waals surface area (Å²) < 4.78 is 85.8. The van der Waals surface area contributed by atoms with Gasteiger partial charge in [-0.25, -0.2) is 12.8 Å². The summed E-state index contributed by atoms with van der Waals surface area (Å²) in [5.74, 6) is -1.21. The van der Waals surface area contributed by atoms with Crippen LogP contribution in [-0.4, -0.2) is 27.2 Å². The molecule has 0 spiro atoms. The lowest BCUT2D eigenvalue weighted by atomic mass is 10.1. The fourth-order valence-corrected chi connectivity index (χ4v) is 4.59. The summed E-state index contributed by atoms with van der Waals surface area (Å²) in [6, 6.07) is 4.35. The van der Waals surface area contributed by atoms with Crippen LogP contribution in [0.4, 0.5) is 17.6 Å². The van der Waals surface area contributed by atoms with Gasteiger partial charge in [0.25, 0.3) is 0 Å². The molecule has 2 aromatic carbocycles. The summed E-state index contributed by atoms with van der Waals surface area (Å²) in [4.78, 5) is -0.214. The molecule has 0 amide bonds. The molecule has 0 bridgehead atoms. The largest absolute Gasteiger partial charge is 0.488 e. The van der Waals surface area contributed by atoms with Gasteiger partial charge < -0.3 is 4.74 Å². The van der Waals surface area contributed by atoms with Crippen molar-refractivity contribution >= 4 is 10.0 Å².